The Hall–Kier alpha value is -2.04. The smallest absolute Gasteiger partial charge is 0.341 e. The number of aryl methyl sites for hydroxylation is 1. The van der Waals surface area contributed by atoms with Crippen molar-refractivity contribution in [2.45, 2.75) is 20.3 Å². The normalized spacial score (nSPS) is 10.0. The minimum atomic E-state index is -1.14. The molecule has 0 aliphatic carbocycles. The summed E-state index contributed by atoms with van der Waals surface area (Å²) < 4.78 is 4.96. The molecule has 0 heterocycles. The van der Waals surface area contributed by atoms with Gasteiger partial charge in [-0.25, -0.2) is 4.79 Å². The van der Waals surface area contributed by atoms with E-state index in [1.165, 1.54) is 13.0 Å². The Labute approximate surface area is 98.6 Å². The molecule has 17 heavy (non-hydrogen) atoms. The van der Waals surface area contributed by atoms with Crippen molar-refractivity contribution in [3.8, 4) is 11.5 Å². The summed E-state index contributed by atoms with van der Waals surface area (Å²) in [5.74, 6) is -1.55. The molecule has 0 spiro atoms. The van der Waals surface area contributed by atoms with E-state index in [1.54, 1.807) is 6.07 Å². The first-order valence-electron chi connectivity index (χ1n) is 5.17. The molecule has 0 aliphatic rings. The van der Waals surface area contributed by atoms with Crippen molar-refractivity contribution in [1.29, 1.82) is 0 Å². The molecule has 0 aliphatic heterocycles. The lowest BCUT2D eigenvalue weighted by molar-refractivity contribution is -0.139. The first-order chi connectivity index (χ1) is 7.97. The molecule has 5 heteroatoms. The van der Waals surface area contributed by atoms with Crippen molar-refractivity contribution >= 4 is 11.8 Å². The second-order valence-electron chi connectivity index (χ2n) is 3.54. The number of aromatic hydroxyl groups is 1. The van der Waals surface area contributed by atoms with Gasteiger partial charge in [-0.05, 0) is 25.0 Å². The summed E-state index contributed by atoms with van der Waals surface area (Å²) in [6, 6.07) is 3.11. The summed E-state index contributed by atoms with van der Waals surface area (Å²) in [5.41, 5.74) is 0.656. The summed E-state index contributed by atoms with van der Waals surface area (Å²) in [6.45, 7) is 2.59. The van der Waals surface area contributed by atoms with Crippen LogP contribution >= 0.6 is 0 Å². The average molecular weight is 238 g/mol. The molecule has 0 amide bonds. The Morgan fingerprint density at radius 1 is 1.35 bits per heavy atom. The molecule has 0 aromatic heterocycles. The first-order valence-corrected chi connectivity index (χ1v) is 5.17. The van der Waals surface area contributed by atoms with Gasteiger partial charge in [0.15, 0.2) is 12.4 Å². The highest BCUT2D eigenvalue weighted by atomic mass is 16.5. The van der Waals surface area contributed by atoms with E-state index in [-0.39, 0.29) is 22.8 Å². The van der Waals surface area contributed by atoms with Crippen LogP contribution in [-0.2, 0) is 11.2 Å². The number of rotatable bonds is 5. The minimum absolute atomic E-state index is 0.0330. The van der Waals surface area contributed by atoms with Crippen LogP contribution in [0.1, 0.15) is 29.8 Å². The molecular formula is C12H14O5. The molecule has 0 saturated carbocycles. The SMILES string of the molecule is CCc1ccc(OCC(=O)O)c(C(C)=O)c1O. The fourth-order valence-electron chi connectivity index (χ4n) is 1.50. The van der Waals surface area contributed by atoms with Crippen molar-refractivity contribution < 1.29 is 24.5 Å². The lowest BCUT2D eigenvalue weighted by atomic mass is 10.0. The zero-order valence-corrected chi connectivity index (χ0v) is 9.69. The highest BCUT2D eigenvalue weighted by Crippen LogP contribution is 2.32. The Balaban J connectivity index is 3.17. The molecule has 0 saturated heterocycles. The maximum Gasteiger partial charge on any atom is 0.341 e. The monoisotopic (exact) mass is 238 g/mol. The zero-order chi connectivity index (χ0) is 13.0. The van der Waals surface area contributed by atoms with Crippen molar-refractivity contribution in [1.82, 2.24) is 0 Å². The lowest BCUT2D eigenvalue weighted by Gasteiger charge is -2.12. The molecule has 92 valence electrons. The zero-order valence-electron chi connectivity index (χ0n) is 9.69. The third-order valence-corrected chi connectivity index (χ3v) is 2.31. The molecule has 1 aromatic carbocycles. The van der Waals surface area contributed by atoms with E-state index >= 15 is 0 Å². The van der Waals surface area contributed by atoms with Crippen LogP contribution in [0.4, 0.5) is 0 Å². The average Bonchev–Trinajstić information content (AvgIpc) is 2.25. The quantitative estimate of drug-likeness (QED) is 0.761. The largest absolute Gasteiger partial charge is 0.507 e. The molecule has 0 bridgehead atoms. The number of carbonyl (C=O) groups excluding carboxylic acids is 1. The van der Waals surface area contributed by atoms with Crippen molar-refractivity contribution in [2.24, 2.45) is 0 Å². The summed E-state index contributed by atoms with van der Waals surface area (Å²) in [7, 11) is 0. The Morgan fingerprint density at radius 3 is 2.47 bits per heavy atom. The van der Waals surface area contributed by atoms with E-state index in [2.05, 4.69) is 0 Å². The number of benzene rings is 1. The topological polar surface area (TPSA) is 83.8 Å². The standard InChI is InChI=1S/C12H14O5/c1-3-8-4-5-9(17-6-10(14)15)11(7(2)13)12(8)16/h4-5,16H,3,6H2,1-2H3,(H,14,15). The maximum atomic E-state index is 11.4. The van der Waals surface area contributed by atoms with E-state index in [4.69, 9.17) is 9.84 Å². The first kappa shape index (κ1) is 13.0. The van der Waals surface area contributed by atoms with Gasteiger partial charge in [0.25, 0.3) is 0 Å². The molecule has 1 aromatic rings. The van der Waals surface area contributed by atoms with Crippen LogP contribution in [0.3, 0.4) is 0 Å². The third kappa shape index (κ3) is 2.96. The van der Waals surface area contributed by atoms with Crippen LogP contribution in [0, 0.1) is 0 Å². The summed E-state index contributed by atoms with van der Waals surface area (Å²) >= 11 is 0. The predicted molar refractivity (Wildman–Crippen MR) is 60.6 cm³/mol. The molecule has 0 fully saturated rings. The van der Waals surface area contributed by atoms with Gasteiger partial charge in [-0.15, -0.1) is 0 Å². The van der Waals surface area contributed by atoms with E-state index in [0.717, 1.165) is 0 Å². The molecule has 5 nitrogen and oxygen atoms in total. The Morgan fingerprint density at radius 2 is 2.00 bits per heavy atom. The highest BCUT2D eigenvalue weighted by Gasteiger charge is 2.17. The van der Waals surface area contributed by atoms with Gasteiger partial charge in [0, 0.05) is 0 Å². The van der Waals surface area contributed by atoms with Gasteiger partial charge in [0.2, 0.25) is 0 Å². The molecule has 0 atom stereocenters. The second-order valence-corrected chi connectivity index (χ2v) is 3.54. The van der Waals surface area contributed by atoms with Crippen molar-refractivity contribution in [3.05, 3.63) is 23.3 Å². The molecule has 0 radical (unpaired) electrons. The number of aliphatic carboxylic acids is 1. The number of carboxylic acid groups (broad SMARTS) is 1. The number of phenolic OH excluding ortho intramolecular Hbond substituents is 1. The van der Waals surface area contributed by atoms with Gasteiger partial charge >= 0.3 is 5.97 Å². The van der Waals surface area contributed by atoms with Gasteiger partial charge in [0.05, 0.1) is 0 Å². The summed E-state index contributed by atoms with van der Waals surface area (Å²) in [5, 5.41) is 18.4. The number of ether oxygens (including phenoxy) is 1. The minimum Gasteiger partial charge on any atom is -0.507 e. The fourth-order valence-corrected chi connectivity index (χ4v) is 1.50. The fraction of sp³-hybridized carbons (Fsp3) is 0.333. The van der Waals surface area contributed by atoms with Crippen LogP contribution in [0.25, 0.3) is 0 Å². The Kier molecular flexibility index (Phi) is 4.09. The van der Waals surface area contributed by atoms with Crippen molar-refractivity contribution in [3.63, 3.8) is 0 Å². The Bertz CT molecular complexity index is 450. The van der Waals surface area contributed by atoms with Gasteiger partial charge in [-0.2, -0.15) is 0 Å². The van der Waals surface area contributed by atoms with Gasteiger partial charge in [-0.1, -0.05) is 13.0 Å². The van der Waals surface area contributed by atoms with Gasteiger partial charge in [0.1, 0.15) is 17.1 Å². The van der Waals surface area contributed by atoms with E-state index in [0.29, 0.717) is 12.0 Å². The van der Waals surface area contributed by atoms with Gasteiger partial charge < -0.3 is 14.9 Å². The molecular weight excluding hydrogens is 224 g/mol. The number of ketones is 1. The number of hydrogen-bond acceptors (Lipinski definition) is 4. The van der Waals surface area contributed by atoms with Crippen LogP contribution in [0.15, 0.2) is 12.1 Å². The number of Topliss-reactive ketones (excluding diaryl/α,β-unsaturated/α-hetero) is 1. The number of carbonyl (C=O) groups is 2. The number of phenols is 1. The third-order valence-electron chi connectivity index (χ3n) is 2.31. The number of carboxylic acids is 1. The lowest BCUT2D eigenvalue weighted by Crippen LogP contribution is -2.11. The molecule has 0 unspecified atom stereocenters. The van der Waals surface area contributed by atoms with Crippen LogP contribution in [-0.4, -0.2) is 28.6 Å². The summed E-state index contributed by atoms with van der Waals surface area (Å²) in [4.78, 5) is 21.8. The van der Waals surface area contributed by atoms with E-state index in [1.807, 2.05) is 6.92 Å². The number of hydrogen-bond donors (Lipinski definition) is 2. The van der Waals surface area contributed by atoms with E-state index in [9.17, 15) is 14.7 Å². The van der Waals surface area contributed by atoms with Crippen LogP contribution in [0.5, 0.6) is 11.5 Å². The highest BCUT2D eigenvalue weighted by molar-refractivity contribution is 6.00. The predicted octanol–water partition coefficient (Wildman–Crippen LogP) is 1.62. The van der Waals surface area contributed by atoms with Crippen LogP contribution in [0.2, 0.25) is 0 Å². The van der Waals surface area contributed by atoms with Crippen molar-refractivity contribution in [2.75, 3.05) is 6.61 Å². The second kappa shape index (κ2) is 5.34. The molecule has 2 N–H and O–H groups in total. The van der Waals surface area contributed by atoms with Crippen LogP contribution < -0.4 is 4.74 Å². The molecule has 1 rings (SSSR count). The van der Waals surface area contributed by atoms with E-state index < -0.39 is 12.6 Å². The summed E-state index contributed by atoms with van der Waals surface area (Å²) in [6.07, 6.45) is 0.575. The van der Waals surface area contributed by atoms with Gasteiger partial charge in [-0.3, -0.25) is 4.79 Å². The maximum absolute atomic E-state index is 11.4.